The molecule has 0 aliphatic carbocycles. The van der Waals surface area contributed by atoms with Crippen LogP contribution in [0.1, 0.15) is 25.0 Å². The van der Waals surface area contributed by atoms with Crippen molar-refractivity contribution in [2.24, 2.45) is 0 Å². The van der Waals surface area contributed by atoms with E-state index in [4.69, 9.17) is 8.85 Å². The summed E-state index contributed by atoms with van der Waals surface area (Å²) in [6.07, 6.45) is 0. The fraction of sp³-hybridized carbons (Fsp3) is 0.455. The van der Waals surface area contributed by atoms with E-state index in [-0.39, 0.29) is 0 Å². The van der Waals surface area contributed by atoms with Gasteiger partial charge in [0.1, 0.15) is 0 Å². The highest BCUT2D eigenvalue weighted by molar-refractivity contribution is 6.46. The van der Waals surface area contributed by atoms with Crippen LogP contribution in [-0.4, -0.2) is 23.0 Å². The van der Waals surface area contributed by atoms with Gasteiger partial charge in [0, 0.05) is 19.3 Å². The highest BCUT2D eigenvalue weighted by Gasteiger charge is 2.21. The molecule has 2 unspecified atom stereocenters. The Hall–Kier alpha value is -0.643. The van der Waals surface area contributed by atoms with Gasteiger partial charge in [0.2, 0.25) is 0 Å². The van der Waals surface area contributed by atoms with Crippen LogP contribution < -0.4 is 0 Å². The Morgan fingerprint density at radius 2 is 1.93 bits per heavy atom. The molecule has 0 heterocycles. The number of benzene rings is 1. The number of hydrogen-bond acceptors (Lipinski definition) is 2. The molecule has 14 heavy (non-hydrogen) atoms. The van der Waals surface area contributed by atoms with Gasteiger partial charge < -0.3 is 8.85 Å². The Morgan fingerprint density at radius 1 is 1.29 bits per heavy atom. The Bertz CT molecular complexity index is 251. The first-order valence-corrected chi connectivity index (χ1v) is 6.59. The van der Waals surface area contributed by atoms with Crippen molar-refractivity contribution in [2.45, 2.75) is 19.4 Å². The third-order valence-corrected chi connectivity index (χ3v) is 4.62. The SMILES string of the molecule is CCO[SiH](OC)C(C)c1ccccc1. The molecule has 2 nitrogen and oxygen atoms in total. The van der Waals surface area contributed by atoms with Crippen LogP contribution in [0.15, 0.2) is 30.3 Å². The maximum atomic E-state index is 5.62. The molecule has 78 valence electrons. The average molecular weight is 210 g/mol. The predicted molar refractivity (Wildman–Crippen MR) is 60.6 cm³/mol. The highest BCUT2D eigenvalue weighted by Crippen LogP contribution is 2.18. The van der Waals surface area contributed by atoms with Gasteiger partial charge >= 0.3 is 9.28 Å². The second-order valence-corrected chi connectivity index (χ2v) is 5.80. The van der Waals surface area contributed by atoms with Crippen LogP contribution >= 0.6 is 0 Å². The van der Waals surface area contributed by atoms with Gasteiger partial charge in [0.25, 0.3) is 0 Å². The first kappa shape index (κ1) is 11.4. The minimum Gasteiger partial charge on any atom is -0.400 e. The quantitative estimate of drug-likeness (QED) is 0.694. The summed E-state index contributed by atoms with van der Waals surface area (Å²) in [5.41, 5.74) is 1.71. The molecule has 0 N–H and O–H groups in total. The Labute approximate surface area is 87.7 Å². The zero-order valence-corrected chi connectivity index (χ0v) is 10.2. The van der Waals surface area contributed by atoms with Crippen LogP contribution in [0, 0.1) is 0 Å². The lowest BCUT2D eigenvalue weighted by atomic mass is 10.2. The van der Waals surface area contributed by atoms with Gasteiger partial charge in [-0.2, -0.15) is 0 Å². The molecule has 0 amide bonds. The van der Waals surface area contributed by atoms with Gasteiger partial charge in [0.05, 0.1) is 0 Å². The molecule has 1 rings (SSSR count). The van der Waals surface area contributed by atoms with E-state index in [2.05, 4.69) is 31.2 Å². The molecule has 0 radical (unpaired) electrons. The van der Waals surface area contributed by atoms with Crippen molar-refractivity contribution in [3.63, 3.8) is 0 Å². The smallest absolute Gasteiger partial charge is 0.328 e. The fourth-order valence-electron chi connectivity index (χ4n) is 1.49. The van der Waals surface area contributed by atoms with E-state index in [1.807, 2.05) is 13.0 Å². The van der Waals surface area contributed by atoms with Crippen LogP contribution in [0.5, 0.6) is 0 Å². The third kappa shape index (κ3) is 2.94. The lowest BCUT2D eigenvalue weighted by Crippen LogP contribution is -2.28. The largest absolute Gasteiger partial charge is 0.400 e. The molecule has 2 atom stereocenters. The van der Waals surface area contributed by atoms with Crippen LogP contribution in [0.25, 0.3) is 0 Å². The maximum Gasteiger partial charge on any atom is 0.328 e. The van der Waals surface area contributed by atoms with Gasteiger partial charge in [-0.3, -0.25) is 0 Å². The van der Waals surface area contributed by atoms with Crippen molar-refractivity contribution in [3.8, 4) is 0 Å². The molecule has 0 fully saturated rings. The summed E-state index contributed by atoms with van der Waals surface area (Å²) in [7, 11) is 0.208. The molecule has 0 bridgehead atoms. The average Bonchev–Trinajstić information content (AvgIpc) is 2.26. The minimum atomic E-state index is -1.53. The van der Waals surface area contributed by atoms with E-state index in [1.165, 1.54) is 5.56 Å². The van der Waals surface area contributed by atoms with E-state index < -0.39 is 9.28 Å². The van der Waals surface area contributed by atoms with E-state index in [0.717, 1.165) is 6.61 Å². The number of hydrogen-bond donors (Lipinski definition) is 0. The summed E-state index contributed by atoms with van der Waals surface area (Å²) in [5.74, 6) is 0. The van der Waals surface area contributed by atoms with Crippen LogP contribution in [-0.2, 0) is 8.85 Å². The molecular formula is C11H18O2Si. The van der Waals surface area contributed by atoms with E-state index in [0.29, 0.717) is 5.54 Å². The Morgan fingerprint density at radius 3 is 2.43 bits per heavy atom. The summed E-state index contributed by atoms with van der Waals surface area (Å²) >= 11 is 0. The molecule has 3 heteroatoms. The van der Waals surface area contributed by atoms with Crippen molar-refractivity contribution in [1.29, 1.82) is 0 Å². The summed E-state index contributed by atoms with van der Waals surface area (Å²) in [6, 6.07) is 10.4. The molecule has 0 aliphatic heterocycles. The highest BCUT2D eigenvalue weighted by atomic mass is 28.3. The van der Waals surface area contributed by atoms with Crippen molar-refractivity contribution in [2.75, 3.05) is 13.7 Å². The van der Waals surface area contributed by atoms with Crippen LogP contribution in [0.2, 0.25) is 0 Å². The van der Waals surface area contributed by atoms with Crippen molar-refractivity contribution < 1.29 is 8.85 Å². The topological polar surface area (TPSA) is 18.5 Å². The van der Waals surface area contributed by atoms with Crippen molar-refractivity contribution in [1.82, 2.24) is 0 Å². The zero-order chi connectivity index (χ0) is 10.4. The monoisotopic (exact) mass is 210 g/mol. The van der Waals surface area contributed by atoms with E-state index in [1.54, 1.807) is 7.11 Å². The lowest BCUT2D eigenvalue weighted by molar-refractivity contribution is 0.233. The molecule has 1 aromatic carbocycles. The third-order valence-electron chi connectivity index (χ3n) is 2.30. The lowest BCUT2D eigenvalue weighted by Gasteiger charge is -2.20. The normalized spacial score (nSPS) is 15.1. The molecule has 0 aromatic heterocycles. The molecule has 1 aromatic rings. The minimum absolute atomic E-state index is 0.404. The van der Waals surface area contributed by atoms with Crippen LogP contribution in [0.3, 0.4) is 0 Å². The van der Waals surface area contributed by atoms with Crippen LogP contribution in [0.4, 0.5) is 0 Å². The fourth-order valence-corrected chi connectivity index (χ4v) is 3.19. The van der Waals surface area contributed by atoms with Crippen molar-refractivity contribution >= 4 is 9.28 Å². The number of rotatable bonds is 5. The summed E-state index contributed by atoms with van der Waals surface area (Å²) in [4.78, 5) is 0. The summed E-state index contributed by atoms with van der Waals surface area (Å²) < 4.78 is 11.0. The summed E-state index contributed by atoms with van der Waals surface area (Å²) in [6.45, 7) is 4.92. The second-order valence-electron chi connectivity index (χ2n) is 3.26. The summed E-state index contributed by atoms with van der Waals surface area (Å²) in [5, 5.41) is 0. The Kier molecular flexibility index (Phi) is 4.86. The predicted octanol–water partition coefficient (Wildman–Crippen LogP) is 2.23. The molecular weight excluding hydrogens is 192 g/mol. The zero-order valence-electron chi connectivity index (χ0n) is 9.07. The molecule has 0 aliphatic rings. The molecule has 0 spiro atoms. The molecule has 0 saturated heterocycles. The maximum absolute atomic E-state index is 5.62. The first-order valence-electron chi connectivity index (χ1n) is 4.99. The second kappa shape index (κ2) is 5.96. The van der Waals surface area contributed by atoms with Gasteiger partial charge in [0.15, 0.2) is 0 Å². The first-order chi connectivity index (χ1) is 6.79. The van der Waals surface area contributed by atoms with Crippen molar-refractivity contribution in [3.05, 3.63) is 35.9 Å². The van der Waals surface area contributed by atoms with Gasteiger partial charge in [-0.25, -0.2) is 0 Å². The van der Waals surface area contributed by atoms with Gasteiger partial charge in [-0.15, -0.1) is 0 Å². The van der Waals surface area contributed by atoms with E-state index in [9.17, 15) is 0 Å². The standard InChI is InChI=1S/C11H18O2Si/c1-4-13-14(12-3)10(2)11-8-6-5-7-9-11/h5-10,14H,4H2,1-3H3. The molecule has 0 saturated carbocycles. The van der Waals surface area contributed by atoms with Gasteiger partial charge in [-0.1, -0.05) is 37.3 Å². The van der Waals surface area contributed by atoms with Gasteiger partial charge in [-0.05, 0) is 12.5 Å². The van der Waals surface area contributed by atoms with E-state index >= 15 is 0 Å². The Balaban J connectivity index is 2.67.